The molecule has 3 unspecified atom stereocenters. The first-order valence-electron chi connectivity index (χ1n) is 17.2. The molecule has 0 aliphatic heterocycles. The smallest absolute Gasteiger partial charge is 0.164 e. The summed E-state index contributed by atoms with van der Waals surface area (Å²) in [7, 11) is 0. The van der Waals surface area contributed by atoms with Gasteiger partial charge in [-0.3, -0.25) is 0 Å². The van der Waals surface area contributed by atoms with Gasteiger partial charge in [-0.1, -0.05) is 91.9 Å². The Morgan fingerprint density at radius 3 is 1.52 bits per heavy atom. The quantitative estimate of drug-likeness (QED) is 0.186. The summed E-state index contributed by atoms with van der Waals surface area (Å²) in [4.78, 5) is 15.0. The van der Waals surface area contributed by atoms with E-state index in [1.807, 2.05) is 42.5 Å². The van der Waals surface area contributed by atoms with Crippen LogP contribution in [0.15, 0.2) is 127 Å². The average Bonchev–Trinajstić information content (AvgIpc) is 3.13. The third kappa shape index (κ3) is 5.02. The highest BCUT2D eigenvalue weighted by Crippen LogP contribution is 2.67. The predicted octanol–water partition coefficient (Wildman–Crippen LogP) is 10.4. The molecule has 6 aromatic rings. The third-order valence-corrected chi connectivity index (χ3v) is 11.4. The van der Waals surface area contributed by atoms with Crippen LogP contribution < -0.4 is 0 Å². The van der Waals surface area contributed by atoms with Crippen molar-refractivity contribution in [3.8, 4) is 62.5 Å². The molecule has 232 valence electrons. The van der Waals surface area contributed by atoms with Crippen molar-refractivity contribution in [1.82, 2.24) is 15.0 Å². The Labute approximate surface area is 282 Å². The Morgan fingerprint density at radius 2 is 0.979 bits per heavy atom. The minimum Gasteiger partial charge on any atom is -0.208 e. The standard InChI is InChI=1S/C44H36N4/c1-44(25-37-23-35-24-38(26-44)40(35)37)39-18-16-30(17-19-39)34-20-33(29-8-4-2-5-9-29)21-36(22-34)43-47-41(31-10-6-3-7-11-31)46-42(48-43)32-14-12-28(27-45)13-15-32/h2-22,35,37-38,40H,23-26H2,1H3/t35?,37-,38+,40?,44?. The molecule has 3 aliphatic carbocycles. The summed E-state index contributed by atoms with van der Waals surface area (Å²) >= 11 is 0. The van der Waals surface area contributed by atoms with Gasteiger partial charge in [-0.15, -0.1) is 0 Å². The molecule has 0 amide bonds. The molecule has 4 nitrogen and oxygen atoms in total. The Bertz CT molecular complexity index is 2150. The first kappa shape index (κ1) is 28.8. The van der Waals surface area contributed by atoms with E-state index in [0.717, 1.165) is 57.1 Å². The molecule has 0 radical (unpaired) electrons. The lowest BCUT2D eigenvalue weighted by Crippen LogP contribution is -2.58. The summed E-state index contributed by atoms with van der Waals surface area (Å²) < 4.78 is 0. The third-order valence-electron chi connectivity index (χ3n) is 11.4. The monoisotopic (exact) mass is 620 g/mol. The van der Waals surface area contributed by atoms with E-state index in [1.54, 1.807) is 12.1 Å². The van der Waals surface area contributed by atoms with E-state index in [9.17, 15) is 5.26 Å². The van der Waals surface area contributed by atoms with Crippen LogP contribution in [0.4, 0.5) is 0 Å². The van der Waals surface area contributed by atoms with E-state index in [-0.39, 0.29) is 5.41 Å². The maximum Gasteiger partial charge on any atom is 0.164 e. The van der Waals surface area contributed by atoms with Gasteiger partial charge in [-0.2, -0.15) is 5.26 Å². The molecule has 3 saturated carbocycles. The average molecular weight is 621 g/mol. The molecule has 3 fully saturated rings. The van der Waals surface area contributed by atoms with Gasteiger partial charge in [0.2, 0.25) is 0 Å². The maximum atomic E-state index is 9.36. The molecule has 0 spiro atoms. The van der Waals surface area contributed by atoms with Gasteiger partial charge in [0.15, 0.2) is 17.5 Å². The largest absolute Gasteiger partial charge is 0.208 e. The van der Waals surface area contributed by atoms with Crippen LogP contribution >= 0.6 is 0 Å². The number of rotatable bonds is 6. The number of hydrogen-bond acceptors (Lipinski definition) is 4. The molecule has 0 N–H and O–H groups in total. The van der Waals surface area contributed by atoms with Gasteiger partial charge >= 0.3 is 0 Å². The van der Waals surface area contributed by atoms with Crippen molar-refractivity contribution in [2.75, 3.05) is 0 Å². The first-order chi connectivity index (χ1) is 23.5. The summed E-state index contributed by atoms with van der Waals surface area (Å²) in [5.74, 6) is 5.76. The van der Waals surface area contributed by atoms with Crippen LogP contribution in [0.1, 0.15) is 43.7 Å². The van der Waals surface area contributed by atoms with Crippen molar-refractivity contribution < 1.29 is 0 Å². The molecule has 4 heteroatoms. The van der Waals surface area contributed by atoms with Crippen molar-refractivity contribution in [2.45, 2.75) is 38.0 Å². The fourth-order valence-corrected chi connectivity index (χ4v) is 9.01. The molecule has 9 rings (SSSR count). The van der Waals surface area contributed by atoms with Crippen molar-refractivity contribution >= 4 is 0 Å². The van der Waals surface area contributed by atoms with Gasteiger partial charge in [0.25, 0.3) is 0 Å². The Kier molecular flexibility index (Phi) is 6.83. The van der Waals surface area contributed by atoms with E-state index >= 15 is 0 Å². The molecule has 5 aromatic carbocycles. The molecule has 1 aromatic heterocycles. The topological polar surface area (TPSA) is 62.5 Å². The number of nitriles is 1. The highest BCUT2D eigenvalue weighted by atomic mass is 15.0. The van der Waals surface area contributed by atoms with Crippen LogP contribution in [0.5, 0.6) is 0 Å². The number of nitrogens with zero attached hydrogens (tertiary/aromatic N) is 4. The SMILES string of the molecule is CC1(c2ccc(-c3cc(-c4ccccc4)cc(-c4nc(-c5ccccc5)nc(-c5ccc(C#N)cc5)n4)c3)cc2)C[C@H]2CC3C[C@@H](C1)C32. The lowest BCUT2D eigenvalue weighted by molar-refractivity contribution is -0.141. The highest BCUT2D eigenvalue weighted by Gasteiger charge is 2.59. The van der Waals surface area contributed by atoms with Gasteiger partial charge in [-0.25, -0.2) is 15.0 Å². The number of hydrogen-bond donors (Lipinski definition) is 0. The fraction of sp³-hybridized carbons (Fsp3) is 0.227. The Balaban J connectivity index is 1.14. The molecular weight excluding hydrogens is 585 g/mol. The fourth-order valence-electron chi connectivity index (χ4n) is 9.01. The van der Waals surface area contributed by atoms with Crippen LogP contribution in [0.25, 0.3) is 56.4 Å². The van der Waals surface area contributed by atoms with E-state index in [2.05, 4.69) is 85.8 Å². The van der Waals surface area contributed by atoms with Crippen LogP contribution in [0.3, 0.4) is 0 Å². The maximum absolute atomic E-state index is 9.36. The molecular formula is C44H36N4. The van der Waals surface area contributed by atoms with E-state index in [4.69, 9.17) is 15.0 Å². The van der Waals surface area contributed by atoms with E-state index in [1.165, 1.54) is 36.8 Å². The van der Waals surface area contributed by atoms with Gasteiger partial charge in [0.1, 0.15) is 0 Å². The van der Waals surface area contributed by atoms with Crippen molar-refractivity contribution in [3.05, 3.63) is 139 Å². The second kappa shape index (κ2) is 11.4. The van der Waals surface area contributed by atoms with E-state index < -0.39 is 0 Å². The van der Waals surface area contributed by atoms with Gasteiger partial charge < -0.3 is 0 Å². The summed E-state index contributed by atoms with van der Waals surface area (Å²) in [5, 5.41) is 9.36. The zero-order valence-corrected chi connectivity index (χ0v) is 27.1. The predicted molar refractivity (Wildman–Crippen MR) is 192 cm³/mol. The molecule has 3 aliphatic rings. The summed E-state index contributed by atoms with van der Waals surface area (Å²) in [6.45, 7) is 2.51. The van der Waals surface area contributed by atoms with Crippen LogP contribution in [-0.4, -0.2) is 15.0 Å². The van der Waals surface area contributed by atoms with Crippen LogP contribution in [-0.2, 0) is 5.41 Å². The van der Waals surface area contributed by atoms with Crippen LogP contribution in [0.2, 0.25) is 0 Å². The Hall–Kier alpha value is -5.40. The van der Waals surface area contributed by atoms with E-state index in [0.29, 0.717) is 23.0 Å². The minimum atomic E-state index is 0.271. The van der Waals surface area contributed by atoms with Gasteiger partial charge in [0, 0.05) is 16.7 Å². The van der Waals surface area contributed by atoms with Crippen molar-refractivity contribution in [3.63, 3.8) is 0 Å². The van der Waals surface area contributed by atoms with Crippen LogP contribution in [0, 0.1) is 35.0 Å². The van der Waals surface area contributed by atoms with Crippen molar-refractivity contribution in [2.24, 2.45) is 23.7 Å². The second-order valence-electron chi connectivity index (χ2n) is 14.4. The molecule has 5 atom stereocenters. The minimum absolute atomic E-state index is 0.271. The highest BCUT2D eigenvalue weighted by molar-refractivity contribution is 5.80. The lowest BCUT2D eigenvalue weighted by Gasteiger charge is -2.65. The zero-order chi connectivity index (χ0) is 32.2. The zero-order valence-electron chi connectivity index (χ0n) is 27.1. The molecule has 0 saturated heterocycles. The first-order valence-corrected chi connectivity index (χ1v) is 17.2. The van der Waals surface area contributed by atoms with Crippen molar-refractivity contribution in [1.29, 1.82) is 5.26 Å². The second-order valence-corrected chi connectivity index (χ2v) is 14.4. The summed E-state index contributed by atoms with van der Waals surface area (Å²) in [5.41, 5.74) is 9.63. The molecule has 0 bridgehead atoms. The normalized spacial score (nSPS) is 23.7. The Morgan fingerprint density at radius 1 is 0.521 bits per heavy atom. The van der Waals surface area contributed by atoms with Gasteiger partial charge in [0.05, 0.1) is 11.6 Å². The summed E-state index contributed by atoms with van der Waals surface area (Å²) in [6.07, 6.45) is 5.59. The number of benzene rings is 5. The molecule has 1 heterocycles. The molecule has 48 heavy (non-hydrogen) atoms. The van der Waals surface area contributed by atoms with Gasteiger partial charge in [-0.05, 0) is 125 Å². The summed E-state index contributed by atoms with van der Waals surface area (Å²) in [6, 6.07) is 46.3. The number of aromatic nitrogens is 3. The lowest BCUT2D eigenvalue weighted by atomic mass is 9.39.